The molecule has 2 rings (SSSR count). The van der Waals surface area contributed by atoms with E-state index >= 15 is 0 Å². The van der Waals surface area contributed by atoms with Crippen LogP contribution in [-0.4, -0.2) is 21.2 Å². The van der Waals surface area contributed by atoms with Gasteiger partial charge in [0.2, 0.25) is 0 Å². The lowest BCUT2D eigenvalue weighted by atomic mass is 10.3. The minimum atomic E-state index is 0.419. The van der Waals surface area contributed by atoms with Crippen molar-refractivity contribution in [1.82, 2.24) is 15.0 Å². The lowest BCUT2D eigenvalue weighted by Crippen LogP contribution is -1.96. The summed E-state index contributed by atoms with van der Waals surface area (Å²) in [6.07, 6.45) is 3.89. The van der Waals surface area contributed by atoms with Crippen LogP contribution in [-0.2, 0) is 6.54 Å². The molecule has 78 valence electrons. The molecular formula is C10H12N4S. The normalized spacial score (nSPS) is 10.5. The summed E-state index contributed by atoms with van der Waals surface area (Å²) in [4.78, 5) is 1.21. The minimum Gasteiger partial charge on any atom is -0.325 e. The summed E-state index contributed by atoms with van der Waals surface area (Å²) in [5.74, 6) is 0. The van der Waals surface area contributed by atoms with Gasteiger partial charge in [-0.25, -0.2) is 4.68 Å². The predicted molar refractivity (Wildman–Crippen MR) is 61.0 cm³/mol. The molecule has 0 amide bonds. The molecule has 0 radical (unpaired) electrons. The maximum atomic E-state index is 5.48. The van der Waals surface area contributed by atoms with Crippen molar-refractivity contribution in [3.05, 3.63) is 36.2 Å². The number of rotatable bonds is 3. The number of aromatic nitrogens is 3. The van der Waals surface area contributed by atoms with Crippen LogP contribution in [0.4, 0.5) is 0 Å². The van der Waals surface area contributed by atoms with Crippen LogP contribution in [0.2, 0.25) is 0 Å². The fraction of sp³-hybridized carbons (Fsp3) is 0.200. The predicted octanol–water partition coefficient (Wildman–Crippen LogP) is 1.45. The molecule has 2 N–H and O–H groups in total. The van der Waals surface area contributed by atoms with E-state index in [2.05, 4.69) is 22.4 Å². The van der Waals surface area contributed by atoms with Crippen molar-refractivity contribution in [1.29, 1.82) is 0 Å². The van der Waals surface area contributed by atoms with Gasteiger partial charge >= 0.3 is 0 Å². The molecule has 0 bridgehead atoms. The first-order valence-corrected chi connectivity index (χ1v) is 5.81. The highest BCUT2D eigenvalue weighted by molar-refractivity contribution is 7.98. The third-order valence-electron chi connectivity index (χ3n) is 2.07. The van der Waals surface area contributed by atoms with E-state index in [4.69, 9.17) is 5.73 Å². The van der Waals surface area contributed by atoms with Gasteiger partial charge in [-0.15, -0.1) is 16.9 Å². The lowest BCUT2D eigenvalue weighted by molar-refractivity contribution is 0.795. The van der Waals surface area contributed by atoms with Crippen LogP contribution in [0.1, 0.15) is 5.69 Å². The summed E-state index contributed by atoms with van der Waals surface area (Å²) >= 11 is 1.70. The van der Waals surface area contributed by atoms with E-state index < -0.39 is 0 Å². The van der Waals surface area contributed by atoms with E-state index in [0.29, 0.717) is 6.54 Å². The minimum absolute atomic E-state index is 0.419. The summed E-state index contributed by atoms with van der Waals surface area (Å²) in [5, 5.41) is 7.96. The number of hydrogen-bond acceptors (Lipinski definition) is 4. The Balaban J connectivity index is 2.35. The third-order valence-corrected chi connectivity index (χ3v) is 2.79. The van der Waals surface area contributed by atoms with Gasteiger partial charge in [0.15, 0.2) is 0 Å². The Morgan fingerprint density at radius 2 is 2.33 bits per heavy atom. The summed E-state index contributed by atoms with van der Waals surface area (Å²) in [7, 11) is 0. The summed E-state index contributed by atoms with van der Waals surface area (Å²) in [6.45, 7) is 0.419. The zero-order chi connectivity index (χ0) is 10.7. The van der Waals surface area contributed by atoms with Gasteiger partial charge in [0.05, 0.1) is 17.6 Å². The molecule has 0 saturated carbocycles. The largest absolute Gasteiger partial charge is 0.325 e. The van der Waals surface area contributed by atoms with Gasteiger partial charge in [0.25, 0.3) is 0 Å². The van der Waals surface area contributed by atoms with Crippen LogP contribution in [0, 0.1) is 0 Å². The molecule has 1 heterocycles. The van der Waals surface area contributed by atoms with E-state index in [1.807, 2.05) is 24.6 Å². The molecule has 0 unspecified atom stereocenters. The van der Waals surface area contributed by atoms with Crippen LogP contribution in [0.5, 0.6) is 0 Å². The third kappa shape index (κ3) is 2.19. The van der Waals surface area contributed by atoms with Crippen LogP contribution in [0.25, 0.3) is 5.69 Å². The summed E-state index contributed by atoms with van der Waals surface area (Å²) < 4.78 is 1.74. The molecule has 0 atom stereocenters. The van der Waals surface area contributed by atoms with Crippen molar-refractivity contribution in [2.75, 3.05) is 6.26 Å². The molecule has 15 heavy (non-hydrogen) atoms. The Morgan fingerprint density at radius 1 is 1.47 bits per heavy atom. The average molecular weight is 220 g/mol. The fourth-order valence-electron chi connectivity index (χ4n) is 1.27. The first-order chi connectivity index (χ1) is 7.33. The number of hydrogen-bond donors (Lipinski definition) is 1. The first kappa shape index (κ1) is 10.2. The van der Waals surface area contributed by atoms with Crippen molar-refractivity contribution in [3.63, 3.8) is 0 Å². The second kappa shape index (κ2) is 4.46. The highest BCUT2D eigenvalue weighted by Crippen LogP contribution is 2.17. The van der Waals surface area contributed by atoms with Crippen LogP contribution < -0.4 is 5.73 Å². The number of nitrogens with zero attached hydrogens (tertiary/aromatic N) is 3. The molecule has 0 aliphatic carbocycles. The molecule has 0 spiro atoms. The second-order valence-electron chi connectivity index (χ2n) is 3.06. The average Bonchev–Trinajstić information content (AvgIpc) is 2.78. The van der Waals surface area contributed by atoms with Gasteiger partial charge in [-0.3, -0.25) is 0 Å². The maximum Gasteiger partial charge on any atom is 0.0967 e. The molecule has 4 nitrogen and oxygen atoms in total. The summed E-state index contributed by atoms with van der Waals surface area (Å²) in [5.41, 5.74) is 7.28. The van der Waals surface area contributed by atoms with Crippen molar-refractivity contribution in [2.45, 2.75) is 11.4 Å². The monoisotopic (exact) mass is 220 g/mol. The SMILES string of the molecule is CSc1cccc(-n2cc(CN)nn2)c1. The van der Waals surface area contributed by atoms with Gasteiger partial charge in [-0.05, 0) is 24.5 Å². The molecular weight excluding hydrogens is 208 g/mol. The maximum absolute atomic E-state index is 5.48. The van der Waals surface area contributed by atoms with E-state index in [1.54, 1.807) is 16.4 Å². The first-order valence-electron chi connectivity index (χ1n) is 4.59. The molecule has 0 aliphatic rings. The number of benzene rings is 1. The molecule has 2 aromatic rings. The van der Waals surface area contributed by atoms with Gasteiger partial charge in [-0.1, -0.05) is 11.3 Å². The Labute approximate surface area is 92.5 Å². The van der Waals surface area contributed by atoms with E-state index in [9.17, 15) is 0 Å². The topological polar surface area (TPSA) is 56.7 Å². The van der Waals surface area contributed by atoms with Gasteiger partial charge in [0.1, 0.15) is 0 Å². The summed E-state index contributed by atoms with van der Waals surface area (Å²) in [6, 6.07) is 8.13. The van der Waals surface area contributed by atoms with Gasteiger partial charge < -0.3 is 5.73 Å². The molecule has 0 aliphatic heterocycles. The van der Waals surface area contributed by atoms with Crippen molar-refractivity contribution >= 4 is 11.8 Å². The number of nitrogens with two attached hydrogens (primary N) is 1. The molecule has 0 fully saturated rings. The molecule has 0 saturated heterocycles. The Kier molecular flexibility index (Phi) is 3.03. The lowest BCUT2D eigenvalue weighted by Gasteiger charge is -2.01. The molecule has 1 aromatic carbocycles. The van der Waals surface area contributed by atoms with Crippen LogP contribution >= 0.6 is 11.8 Å². The number of thioether (sulfide) groups is 1. The molecule has 5 heteroatoms. The van der Waals surface area contributed by atoms with Crippen LogP contribution in [0.3, 0.4) is 0 Å². The van der Waals surface area contributed by atoms with Gasteiger partial charge in [0, 0.05) is 11.4 Å². The zero-order valence-electron chi connectivity index (χ0n) is 8.42. The van der Waals surface area contributed by atoms with Crippen LogP contribution in [0.15, 0.2) is 35.4 Å². The van der Waals surface area contributed by atoms with E-state index in [-0.39, 0.29) is 0 Å². The van der Waals surface area contributed by atoms with E-state index in [1.165, 1.54) is 4.90 Å². The van der Waals surface area contributed by atoms with Crippen molar-refractivity contribution < 1.29 is 0 Å². The van der Waals surface area contributed by atoms with E-state index in [0.717, 1.165) is 11.4 Å². The highest BCUT2D eigenvalue weighted by Gasteiger charge is 2.01. The van der Waals surface area contributed by atoms with Crippen molar-refractivity contribution in [3.8, 4) is 5.69 Å². The fourth-order valence-corrected chi connectivity index (χ4v) is 1.72. The molecule has 1 aromatic heterocycles. The quantitative estimate of drug-likeness (QED) is 0.795. The van der Waals surface area contributed by atoms with Crippen molar-refractivity contribution in [2.24, 2.45) is 5.73 Å². The smallest absolute Gasteiger partial charge is 0.0967 e. The standard InChI is InChI=1S/C10H12N4S/c1-15-10-4-2-3-9(5-10)14-7-8(6-11)12-13-14/h2-5,7H,6,11H2,1H3. The Hall–Kier alpha value is -1.33. The van der Waals surface area contributed by atoms with Gasteiger partial charge in [-0.2, -0.15) is 0 Å². The highest BCUT2D eigenvalue weighted by atomic mass is 32.2. The Bertz CT molecular complexity index is 452. The Morgan fingerprint density at radius 3 is 3.00 bits per heavy atom. The zero-order valence-corrected chi connectivity index (χ0v) is 9.24. The second-order valence-corrected chi connectivity index (χ2v) is 3.94.